The van der Waals surface area contributed by atoms with Crippen molar-refractivity contribution in [2.45, 2.75) is 32.1 Å². The van der Waals surface area contributed by atoms with E-state index in [0.717, 1.165) is 5.56 Å². The molecule has 0 spiro atoms. The molecule has 3 aromatic rings. The number of aryl methyl sites for hydroxylation is 1. The van der Waals surface area contributed by atoms with E-state index in [2.05, 4.69) is 20.8 Å². The molecule has 0 saturated heterocycles. The summed E-state index contributed by atoms with van der Waals surface area (Å²) in [5, 5.41) is 14.7. The van der Waals surface area contributed by atoms with Crippen LogP contribution in [0.5, 0.6) is 5.75 Å². The van der Waals surface area contributed by atoms with Gasteiger partial charge in [-0.15, -0.1) is 10.2 Å². The Labute approximate surface area is 185 Å². The van der Waals surface area contributed by atoms with Crippen LogP contribution < -0.4 is 15.4 Å². The Morgan fingerprint density at radius 3 is 2.61 bits per heavy atom. The fourth-order valence-electron chi connectivity index (χ4n) is 2.87. The van der Waals surface area contributed by atoms with Crippen molar-refractivity contribution in [1.29, 1.82) is 0 Å². The highest BCUT2D eigenvalue weighted by Gasteiger charge is 2.14. The van der Waals surface area contributed by atoms with Crippen molar-refractivity contribution in [3.05, 3.63) is 65.5 Å². The minimum atomic E-state index is -0.169. The summed E-state index contributed by atoms with van der Waals surface area (Å²) in [7, 11) is 1.58. The number of benzene rings is 2. The van der Waals surface area contributed by atoms with E-state index in [4.69, 9.17) is 4.74 Å². The molecule has 8 nitrogen and oxygen atoms in total. The predicted octanol–water partition coefficient (Wildman–Crippen LogP) is 3.28. The van der Waals surface area contributed by atoms with Gasteiger partial charge in [0.1, 0.15) is 5.75 Å². The summed E-state index contributed by atoms with van der Waals surface area (Å²) in [6, 6.07) is 14.6. The number of anilines is 1. The number of carbonyl (C=O) groups excluding carboxylic acids is 2. The summed E-state index contributed by atoms with van der Waals surface area (Å²) < 4.78 is 7.05. The molecule has 2 aromatic carbocycles. The van der Waals surface area contributed by atoms with Crippen LogP contribution in [0.3, 0.4) is 0 Å². The third kappa shape index (κ3) is 6.08. The molecule has 1 aromatic heterocycles. The highest BCUT2D eigenvalue weighted by atomic mass is 32.2. The Bertz CT molecular complexity index is 1050. The van der Waals surface area contributed by atoms with Crippen molar-refractivity contribution in [3.63, 3.8) is 0 Å². The first-order valence-corrected chi connectivity index (χ1v) is 10.8. The van der Waals surface area contributed by atoms with Gasteiger partial charge in [0, 0.05) is 23.9 Å². The van der Waals surface area contributed by atoms with Gasteiger partial charge in [0.05, 0.1) is 19.4 Å². The van der Waals surface area contributed by atoms with Crippen LogP contribution >= 0.6 is 11.8 Å². The maximum Gasteiger partial charge on any atom is 0.251 e. The number of methoxy groups -OCH3 is 1. The van der Waals surface area contributed by atoms with Gasteiger partial charge in [-0.25, -0.2) is 0 Å². The van der Waals surface area contributed by atoms with Crippen LogP contribution in [0.25, 0.3) is 0 Å². The van der Waals surface area contributed by atoms with E-state index in [1.165, 1.54) is 11.8 Å². The second kappa shape index (κ2) is 10.6. The monoisotopic (exact) mass is 439 g/mol. The minimum absolute atomic E-state index is 0.155. The number of rotatable bonds is 9. The van der Waals surface area contributed by atoms with Crippen LogP contribution in [0.4, 0.5) is 5.69 Å². The maximum absolute atomic E-state index is 12.3. The molecule has 0 aliphatic rings. The molecule has 31 heavy (non-hydrogen) atoms. The Hall–Kier alpha value is -3.33. The lowest BCUT2D eigenvalue weighted by Gasteiger charge is -2.09. The summed E-state index contributed by atoms with van der Waals surface area (Å²) >= 11 is 1.30. The third-order valence-electron chi connectivity index (χ3n) is 4.52. The molecule has 0 saturated carbocycles. The third-order valence-corrected chi connectivity index (χ3v) is 5.48. The highest BCUT2D eigenvalue weighted by molar-refractivity contribution is 7.99. The van der Waals surface area contributed by atoms with Gasteiger partial charge in [-0.05, 0) is 38.1 Å². The number of amides is 2. The standard InChI is InChI=1S/C22H25N5O3S/c1-4-27-19(13-23-21(29)16-10-8-15(2)9-11-16)25-26-22(27)31-14-20(28)24-17-6-5-7-18(12-17)30-3/h5-12H,4,13-14H2,1-3H3,(H,23,29)(H,24,28). The molecule has 9 heteroatoms. The molecule has 0 radical (unpaired) electrons. The quantitative estimate of drug-likeness (QED) is 0.497. The van der Waals surface area contributed by atoms with Gasteiger partial charge in [0.15, 0.2) is 11.0 Å². The molecule has 2 N–H and O–H groups in total. The Morgan fingerprint density at radius 2 is 1.90 bits per heavy atom. The maximum atomic E-state index is 12.3. The lowest BCUT2D eigenvalue weighted by Crippen LogP contribution is -2.24. The van der Waals surface area contributed by atoms with Crippen LogP contribution in [0.2, 0.25) is 0 Å². The van der Waals surface area contributed by atoms with E-state index in [9.17, 15) is 9.59 Å². The van der Waals surface area contributed by atoms with Crippen molar-refractivity contribution >= 4 is 29.3 Å². The van der Waals surface area contributed by atoms with E-state index in [0.29, 0.717) is 34.5 Å². The van der Waals surface area contributed by atoms with E-state index >= 15 is 0 Å². The number of nitrogens with zero attached hydrogens (tertiary/aromatic N) is 3. The van der Waals surface area contributed by atoms with E-state index in [1.54, 1.807) is 31.4 Å². The number of hydrogen-bond donors (Lipinski definition) is 2. The van der Waals surface area contributed by atoms with Crippen LogP contribution in [-0.2, 0) is 17.9 Å². The van der Waals surface area contributed by atoms with Crippen molar-refractivity contribution < 1.29 is 14.3 Å². The van der Waals surface area contributed by atoms with Crippen LogP contribution in [0.15, 0.2) is 53.7 Å². The summed E-state index contributed by atoms with van der Waals surface area (Å²) in [6.45, 7) is 4.82. The van der Waals surface area contributed by atoms with E-state index < -0.39 is 0 Å². The van der Waals surface area contributed by atoms with Gasteiger partial charge in [-0.3, -0.25) is 9.59 Å². The smallest absolute Gasteiger partial charge is 0.251 e. The molecule has 2 amide bonds. The topological polar surface area (TPSA) is 98.1 Å². The van der Waals surface area contributed by atoms with Crippen molar-refractivity contribution in [2.75, 3.05) is 18.2 Å². The number of thioether (sulfide) groups is 1. The number of hydrogen-bond acceptors (Lipinski definition) is 6. The number of ether oxygens (including phenoxy) is 1. The van der Waals surface area contributed by atoms with Gasteiger partial charge in [0.2, 0.25) is 5.91 Å². The first-order chi connectivity index (χ1) is 15.0. The molecule has 0 aliphatic heterocycles. The van der Waals surface area contributed by atoms with Gasteiger partial charge in [-0.1, -0.05) is 35.5 Å². The Balaban J connectivity index is 1.56. The van der Waals surface area contributed by atoms with Gasteiger partial charge in [0.25, 0.3) is 5.91 Å². The van der Waals surface area contributed by atoms with E-state index in [-0.39, 0.29) is 24.1 Å². The molecule has 1 heterocycles. The second-order valence-corrected chi connectivity index (χ2v) is 7.70. The van der Waals surface area contributed by atoms with Crippen LogP contribution in [0, 0.1) is 6.92 Å². The fourth-order valence-corrected chi connectivity index (χ4v) is 3.69. The normalized spacial score (nSPS) is 10.5. The van der Waals surface area contributed by atoms with Crippen molar-refractivity contribution in [3.8, 4) is 5.75 Å². The summed E-state index contributed by atoms with van der Waals surface area (Å²) in [6.07, 6.45) is 0. The summed E-state index contributed by atoms with van der Waals surface area (Å²) in [5.74, 6) is 1.17. The van der Waals surface area contributed by atoms with Gasteiger partial charge >= 0.3 is 0 Å². The lowest BCUT2D eigenvalue weighted by molar-refractivity contribution is -0.113. The molecule has 0 fully saturated rings. The zero-order chi connectivity index (χ0) is 22.2. The zero-order valence-corrected chi connectivity index (χ0v) is 18.5. The van der Waals surface area contributed by atoms with Crippen LogP contribution in [0.1, 0.15) is 28.7 Å². The first-order valence-electron chi connectivity index (χ1n) is 9.83. The number of nitrogens with one attached hydrogen (secondary N) is 2. The largest absolute Gasteiger partial charge is 0.497 e. The molecule has 0 unspecified atom stereocenters. The average Bonchev–Trinajstić information content (AvgIpc) is 3.18. The molecule has 0 atom stereocenters. The molecule has 3 rings (SSSR count). The molecule has 0 aliphatic carbocycles. The Morgan fingerprint density at radius 1 is 1.13 bits per heavy atom. The SMILES string of the molecule is CCn1c(CNC(=O)c2ccc(C)cc2)nnc1SCC(=O)Nc1cccc(OC)c1. The molecular formula is C22H25N5O3S. The zero-order valence-electron chi connectivity index (χ0n) is 17.7. The lowest BCUT2D eigenvalue weighted by atomic mass is 10.1. The van der Waals surface area contributed by atoms with Gasteiger partial charge < -0.3 is 19.9 Å². The second-order valence-electron chi connectivity index (χ2n) is 6.76. The molecule has 162 valence electrons. The first kappa shape index (κ1) is 22.4. The number of carbonyl (C=O) groups is 2. The summed E-state index contributed by atoms with van der Waals surface area (Å²) in [4.78, 5) is 24.6. The predicted molar refractivity (Wildman–Crippen MR) is 120 cm³/mol. The van der Waals surface area contributed by atoms with Crippen molar-refractivity contribution in [2.24, 2.45) is 0 Å². The van der Waals surface area contributed by atoms with Crippen molar-refractivity contribution in [1.82, 2.24) is 20.1 Å². The fraction of sp³-hybridized carbons (Fsp3) is 0.273. The minimum Gasteiger partial charge on any atom is -0.497 e. The Kier molecular flexibility index (Phi) is 7.66. The average molecular weight is 440 g/mol. The number of aromatic nitrogens is 3. The highest BCUT2D eigenvalue weighted by Crippen LogP contribution is 2.20. The summed E-state index contributed by atoms with van der Waals surface area (Å²) in [5.41, 5.74) is 2.36. The van der Waals surface area contributed by atoms with E-state index in [1.807, 2.05) is 42.7 Å². The molecule has 0 bridgehead atoms. The van der Waals surface area contributed by atoms with Gasteiger partial charge in [-0.2, -0.15) is 0 Å². The van der Waals surface area contributed by atoms with Crippen LogP contribution in [-0.4, -0.2) is 39.4 Å². The molecular weight excluding hydrogens is 414 g/mol.